The lowest BCUT2D eigenvalue weighted by atomic mass is 9.95. The number of benzene rings is 1. The van der Waals surface area contributed by atoms with Crippen LogP contribution < -0.4 is 5.32 Å². The Balaban J connectivity index is 1.45. The number of thiophene rings is 1. The van der Waals surface area contributed by atoms with Crippen molar-refractivity contribution in [3.8, 4) is 0 Å². The van der Waals surface area contributed by atoms with Gasteiger partial charge in [0.1, 0.15) is 16.5 Å². The van der Waals surface area contributed by atoms with Crippen LogP contribution in [0.25, 0.3) is 10.2 Å². The maximum absolute atomic E-state index is 13.3. The van der Waals surface area contributed by atoms with Crippen molar-refractivity contribution < 1.29 is 14.0 Å². The van der Waals surface area contributed by atoms with E-state index in [9.17, 15) is 14.0 Å². The van der Waals surface area contributed by atoms with Crippen LogP contribution in [-0.4, -0.2) is 45.8 Å². The number of rotatable bonds is 3. The first-order valence-corrected chi connectivity index (χ1v) is 12.0. The first-order valence-electron chi connectivity index (χ1n) is 11.2. The number of piperidine rings is 1. The molecule has 1 saturated heterocycles. The van der Waals surface area contributed by atoms with Crippen molar-refractivity contribution in [3.05, 3.63) is 57.6 Å². The molecule has 0 unspecified atom stereocenters. The summed E-state index contributed by atoms with van der Waals surface area (Å²) in [6, 6.07) is 5.49. The number of aromatic nitrogens is 2. The van der Waals surface area contributed by atoms with E-state index in [0.717, 1.165) is 27.3 Å². The smallest absolute Gasteiger partial charge is 0.264 e. The van der Waals surface area contributed by atoms with Gasteiger partial charge in [0.05, 0.1) is 10.6 Å². The average molecular weight is 469 g/mol. The fourth-order valence-corrected chi connectivity index (χ4v) is 5.32. The van der Waals surface area contributed by atoms with Crippen LogP contribution in [0.5, 0.6) is 0 Å². The van der Waals surface area contributed by atoms with Gasteiger partial charge in [-0.1, -0.05) is 20.8 Å². The topological polar surface area (TPSA) is 75.2 Å². The molecule has 2 aromatic heterocycles. The van der Waals surface area contributed by atoms with Crippen molar-refractivity contribution in [2.75, 3.05) is 13.1 Å². The maximum Gasteiger partial charge on any atom is 0.264 e. The number of nitrogens with zero attached hydrogens (tertiary/aromatic N) is 3. The molecule has 0 radical (unpaired) electrons. The molecule has 174 valence electrons. The Morgan fingerprint density at radius 3 is 2.33 bits per heavy atom. The van der Waals surface area contributed by atoms with Gasteiger partial charge in [-0.2, -0.15) is 0 Å². The number of likely N-dealkylation sites (tertiary alicyclic amines) is 1. The molecule has 0 saturated carbocycles. The number of nitrogens with one attached hydrogen (secondary N) is 1. The predicted octanol–water partition coefficient (Wildman–Crippen LogP) is 4.78. The summed E-state index contributed by atoms with van der Waals surface area (Å²) in [5, 5.41) is 3.97. The lowest BCUT2D eigenvalue weighted by Crippen LogP contribution is -2.46. The third-order valence-electron chi connectivity index (χ3n) is 6.06. The van der Waals surface area contributed by atoms with E-state index in [1.165, 1.54) is 35.6 Å². The lowest BCUT2D eigenvalue weighted by Gasteiger charge is -2.32. The molecule has 0 aliphatic carbocycles. The number of carbonyl (C=O) groups is 2. The van der Waals surface area contributed by atoms with Gasteiger partial charge in [0.25, 0.3) is 11.8 Å². The average Bonchev–Trinajstić information content (AvgIpc) is 3.10. The summed E-state index contributed by atoms with van der Waals surface area (Å²) in [5.74, 6) is 0.204. The standard InChI is InChI=1S/C25H29FN4O2S/c1-14-19-15(2)27-24(25(3,4)5)29-22(19)33-20(14)23(32)30-12-10-18(11-13-30)28-21(31)16-6-8-17(26)9-7-16/h6-9,18H,10-13H2,1-5H3,(H,28,31). The molecule has 1 aliphatic rings. The van der Waals surface area contributed by atoms with Gasteiger partial charge in [-0.3, -0.25) is 9.59 Å². The SMILES string of the molecule is Cc1nc(C(C)(C)C)nc2sc(C(=O)N3CCC(NC(=O)c4ccc(F)cc4)CC3)c(C)c12. The van der Waals surface area contributed by atoms with Crippen LogP contribution in [-0.2, 0) is 5.41 Å². The summed E-state index contributed by atoms with van der Waals surface area (Å²) in [4.78, 5) is 38.6. The Bertz CT molecular complexity index is 1210. The summed E-state index contributed by atoms with van der Waals surface area (Å²) < 4.78 is 13.1. The summed E-state index contributed by atoms with van der Waals surface area (Å²) in [7, 11) is 0. The molecule has 2 amide bonds. The van der Waals surface area contributed by atoms with Crippen LogP contribution in [0.2, 0.25) is 0 Å². The molecule has 1 fully saturated rings. The number of hydrogen-bond donors (Lipinski definition) is 1. The monoisotopic (exact) mass is 468 g/mol. The van der Waals surface area contributed by atoms with E-state index in [-0.39, 0.29) is 29.1 Å². The quantitative estimate of drug-likeness (QED) is 0.600. The van der Waals surface area contributed by atoms with E-state index in [1.807, 2.05) is 18.7 Å². The van der Waals surface area contributed by atoms with Gasteiger partial charge < -0.3 is 10.2 Å². The zero-order valence-electron chi connectivity index (χ0n) is 19.7. The first-order chi connectivity index (χ1) is 15.5. The molecular weight excluding hydrogens is 439 g/mol. The highest BCUT2D eigenvalue weighted by molar-refractivity contribution is 7.20. The van der Waals surface area contributed by atoms with Crippen LogP contribution in [0, 0.1) is 19.7 Å². The van der Waals surface area contributed by atoms with Crippen LogP contribution >= 0.6 is 11.3 Å². The summed E-state index contributed by atoms with van der Waals surface area (Å²) >= 11 is 1.44. The van der Waals surface area contributed by atoms with Crippen LogP contribution in [0.15, 0.2) is 24.3 Å². The number of fused-ring (bicyclic) bond motifs is 1. The third-order valence-corrected chi connectivity index (χ3v) is 7.23. The molecule has 1 aromatic carbocycles. The van der Waals surface area contributed by atoms with Gasteiger partial charge in [-0.05, 0) is 56.5 Å². The largest absolute Gasteiger partial charge is 0.349 e. The van der Waals surface area contributed by atoms with Gasteiger partial charge in [0.2, 0.25) is 0 Å². The number of aryl methyl sites for hydroxylation is 2. The highest BCUT2D eigenvalue weighted by Crippen LogP contribution is 2.34. The van der Waals surface area contributed by atoms with Gasteiger partial charge >= 0.3 is 0 Å². The zero-order chi connectivity index (χ0) is 23.9. The Hall–Kier alpha value is -2.87. The van der Waals surface area contributed by atoms with Gasteiger partial charge in [0.15, 0.2) is 0 Å². The number of carbonyl (C=O) groups excluding carboxylic acids is 2. The third kappa shape index (κ3) is 4.76. The Morgan fingerprint density at radius 1 is 1.09 bits per heavy atom. The van der Waals surface area contributed by atoms with Crippen molar-refractivity contribution >= 4 is 33.4 Å². The molecule has 33 heavy (non-hydrogen) atoms. The Morgan fingerprint density at radius 2 is 1.73 bits per heavy atom. The molecule has 0 bridgehead atoms. The normalized spacial score (nSPS) is 15.2. The van der Waals surface area contributed by atoms with E-state index in [0.29, 0.717) is 36.4 Å². The predicted molar refractivity (Wildman–Crippen MR) is 128 cm³/mol. The van der Waals surface area contributed by atoms with Crippen LogP contribution in [0.1, 0.15) is 70.7 Å². The molecule has 4 rings (SSSR count). The van der Waals surface area contributed by atoms with E-state index < -0.39 is 0 Å². The molecule has 3 heterocycles. The fourth-order valence-electron chi connectivity index (χ4n) is 4.12. The van der Waals surface area contributed by atoms with E-state index in [2.05, 4.69) is 26.1 Å². The molecule has 6 nitrogen and oxygen atoms in total. The van der Waals surface area contributed by atoms with Gasteiger partial charge in [-0.25, -0.2) is 14.4 Å². The first kappa shape index (κ1) is 23.3. The number of amides is 2. The van der Waals surface area contributed by atoms with Crippen LogP contribution in [0.3, 0.4) is 0 Å². The second-order valence-corrected chi connectivity index (χ2v) is 10.7. The number of halogens is 1. The van der Waals surface area contributed by atoms with Crippen LogP contribution in [0.4, 0.5) is 4.39 Å². The number of hydrogen-bond acceptors (Lipinski definition) is 5. The minimum atomic E-state index is -0.370. The minimum absolute atomic E-state index is 0.00974. The lowest BCUT2D eigenvalue weighted by molar-refractivity contribution is 0.0702. The molecule has 8 heteroatoms. The second kappa shape index (κ2) is 8.82. The summed E-state index contributed by atoms with van der Waals surface area (Å²) in [6.07, 6.45) is 1.35. The summed E-state index contributed by atoms with van der Waals surface area (Å²) in [5.41, 5.74) is 2.10. The molecule has 3 aromatic rings. The highest BCUT2D eigenvalue weighted by Gasteiger charge is 2.29. The maximum atomic E-state index is 13.3. The van der Waals surface area contributed by atoms with E-state index in [4.69, 9.17) is 9.97 Å². The van der Waals surface area contributed by atoms with Crippen molar-refractivity contribution in [2.24, 2.45) is 0 Å². The molecule has 0 atom stereocenters. The van der Waals surface area contributed by atoms with Gasteiger partial charge in [0, 0.05) is 35.5 Å². The van der Waals surface area contributed by atoms with E-state index in [1.54, 1.807) is 0 Å². The fraction of sp³-hybridized carbons (Fsp3) is 0.440. The van der Waals surface area contributed by atoms with Crippen molar-refractivity contribution in [1.82, 2.24) is 20.2 Å². The Kier molecular flexibility index (Phi) is 6.22. The molecule has 1 aliphatic heterocycles. The minimum Gasteiger partial charge on any atom is -0.349 e. The van der Waals surface area contributed by atoms with E-state index >= 15 is 0 Å². The zero-order valence-corrected chi connectivity index (χ0v) is 20.5. The molecular formula is C25H29FN4O2S. The van der Waals surface area contributed by atoms with Crippen molar-refractivity contribution in [1.29, 1.82) is 0 Å². The highest BCUT2D eigenvalue weighted by atomic mass is 32.1. The van der Waals surface area contributed by atoms with Crippen molar-refractivity contribution in [2.45, 2.75) is 58.9 Å². The second-order valence-electron chi connectivity index (χ2n) is 9.67. The van der Waals surface area contributed by atoms with Gasteiger partial charge in [-0.15, -0.1) is 11.3 Å². The summed E-state index contributed by atoms with van der Waals surface area (Å²) in [6.45, 7) is 11.3. The Labute approximate surface area is 197 Å². The van der Waals surface area contributed by atoms with Crippen molar-refractivity contribution in [3.63, 3.8) is 0 Å². The molecule has 0 spiro atoms. The molecule has 1 N–H and O–H groups in total.